The Hall–Kier alpha value is -1.85. The number of rotatable bonds is 72. The number of hydrogen-bond donors (Lipinski definition) is 0. The fourth-order valence-corrected chi connectivity index (χ4v) is 12.0. The summed E-state index contributed by atoms with van der Waals surface area (Å²) in [4.78, 5) is 38.5. The van der Waals surface area contributed by atoms with Crippen molar-refractivity contribution >= 4 is 17.9 Å². The SMILES string of the molecule is CCCCCCCCCC/C=C\CCCCCCCCCCCCCC(=O)OC(COC(=O)CCCCCCCCCCCCCCCC)COC(=O)CCCCCCCCCCCCCCCCCCCCCCCCCCCCCC. The summed E-state index contributed by atoms with van der Waals surface area (Å²) in [7, 11) is 0. The maximum atomic E-state index is 13.0. The second kappa shape index (κ2) is 72.6. The molecule has 6 nitrogen and oxygen atoms in total. The highest BCUT2D eigenvalue weighted by atomic mass is 16.6. The van der Waals surface area contributed by atoms with E-state index in [4.69, 9.17) is 14.2 Å². The Kier molecular flexibility index (Phi) is 71.0. The molecule has 0 rings (SSSR count). The number of esters is 3. The maximum absolute atomic E-state index is 13.0. The van der Waals surface area contributed by atoms with Crippen LogP contribution in [-0.4, -0.2) is 37.2 Å². The molecule has 0 saturated carbocycles. The van der Waals surface area contributed by atoms with Crippen LogP contribution in [0.25, 0.3) is 0 Å². The molecule has 0 amide bonds. The summed E-state index contributed by atoms with van der Waals surface area (Å²) < 4.78 is 17.0. The monoisotopic (exact) mass is 1170 g/mol. The summed E-state index contributed by atoms with van der Waals surface area (Å²) in [6.45, 7) is 6.74. The standard InChI is InChI=1S/C77H148O6/c1-4-7-10-13-16-19-22-25-28-30-32-34-36-37-38-39-40-42-43-45-47-49-52-55-58-61-64-67-70-76(79)82-73-74(72-81-75(78)69-66-63-60-57-54-51-27-24-21-18-15-12-9-6-3)83-77(80)71-68-65-62-59-56-53-50-48-46-44-41-35-33-31-29-26-23-20-17-14-11-8-5-2/h31,33,74H,4-30,32,34-73H2,1-3H3/b33-31-. The van der Waals surface area contributed by atoms with Crippen molar-refractivity contribution in [3.05, 3.63) is 12.2 Å². The van der Waals surface area contributed by atoms with Gasteiger partial charge in [-0.2, -0.15) is 0 Å². The molecule has 492 valence electrons. The van der Waals surface area contributed by atoms with Gasteiger partial charge in [-0.25, -0.2) is 0 Å². The third-order valence-corrected chi connectivity index (χ3v) is 17.8. The number of ether oxygens (including phenoxy) is 3. The normalized spacial score (nSPS) is 12.0. The van der Waals surface area contributed by atoms with Gasteiger partial charge < -0.3 is 14.2 Å². The molecule has 0 saturated heterocycles. The largest absolute Gasteiger partial charge is 0.462 e. The maximum Gasteiger partial charge on any atom is 0.306 e. The second-order valence-corrected chi connectivity index (χ2v) is 26.3. The zero-order valence-corrected chi connectivity index (χ0v) is 56.8. The minimum Gasteiger partial charge on any atom is -0.462 e. The van der Waals surface area contributed by atoms with E-state index in [-0.39, 0.29) is 31.1 Å². The molecule has 83 heavy (non-hydrogen) atoms. The van der Waals surface area contributed by atoms with E-state index >= 15 is 0 Å². The average molecular weight is 1170 g/mol. The van der Waals surface area contributed by atoms with Crippen LogP contribution in [0.15, 0.2) is 12.2 Å². The molecular formula is C77H148O6. The van der Waals surface area contributed by atoms with Crippen molar-refractivity contribution in [3.8, 4) is 0 Å². The highest BCUT2D eigenvalue weighted by Gasteiger charge is 2.20. The van der Waals surface area contributed by atoms with Crippen molar-refractivity contribution in [2.75, 3.05) is 13.2 Å². The molecule has 0 aromatic heterocycles. The van der Waals surface area contributed by atoms with E-state index in [1.807, 2.05) is 0 Å². The van der Waals surface area contributed by atoms with Gasteiger partial charge in [0, 0.05) is 19.3 Å². The van der Waals surface area contributed by atoms with E-state index in [1.54, 1.807) is 0 Å². The zero-order valence-electron chi connectivity index (χ0n) is 56.8. The van der Waals surface area contributed by atoms with Crippen molar-refractivity contribution in [3.63, 3.8) is 0 Å². The van der Waals surface area contributed by atoms with Gasteiger partial charge in [-0.3, -0.25) is 14.4 Å². The molecule has 0 N–H and O–H groups in total. The third-order valence-electron chi connectivity index (χ3n) is 17.8. The molecule has 1 unspecified atom stereocenters. The molecule has 0 spiro atoms. The number of hydrogen-bond acceptors (Lipinski definition) is 6. The molecule has 0 fully saturated rings. The molecule has 0 aromatic carbocycles. The van der Waals surface area contributed by atoms with Gasteiger partial charge in [-0.15, -0.1) is 0 Å². The predicted octanol–water partition coefficient (Wildman–Crippen LogP) is 26.3. The van der Waals surface area contributed by atoms with Gasteiger partial charge >= 0.3 is 17.9 Å². The van der Waals surface area contributed by atoms with Crippen molar-refractivity contribution in [1.29, 1.82) is 0 Å². The van der Waals surface area contributed by atoms with Crippen LogP contribution < -0.4 is 0 Å². The summed E-state index contributed by atoms with van der Waals surface area (Å²) >= 11 is 0. The smallest absolute Gasteiger partial charge is 0.306 e. The topological polar surface area (TPSA) is 78.9 Å². The van der Waals surface area contributed by atoms with E-state index in [0.29, 0.717) is 19.3 Å². The van der Waals surface area contributed by atoms with E-state index in [9.17, 15) is 14.4 Å². The van der Waals surface area contributed by atoms with Crippen LogP contribution in [0.4, 0.5) is 0 Å². The van der Waals surface area contributed by atoms with Gasteiger partial charge in [0.2, 0.25) is 0 Å². The molecule has 0 heterocycles. The lowest BCUT2D eigenvalue weighted by Gasteiger charge is -2.18. The van der Waals surface area contributed by atoms with Gasteiger partial charge in [-0.1, -0.05) is 392 Å². The fourth-order valence-electron chi connectivity index (χ4n) is 12.0. The highest BCUT2D eigenvalue weighted by Crippen LogP contribution is 2.20. The lowest BCUT2D eigenvalue weighted by molar-refractivity contribution is -0.167. The summed E-state index contributed by atoms with van der Waals surface area (Å²) in [6.07, 6.45) is 88.4. The third kappa shape index (κ3) is 70.8. The molecule has 0 aliphatic rings. The first-order valence-corrected chi connectivity index (χ1v) is 38.2. The summed E-state index contributed by atoms with van der Waals surface area (Å²) in [5.41, 5.74) is 0. The van der Waals surface area contributed by atoms with Gasteiger partial charge in [0.15, 0.2) is 6.10 Å². The van der Waals surface area contributed by atoms with Crippen LogP contribution in [0.1, 0.15) is 445 Å². The van der Waals surface area contributed by atoms with Gasteiger partial charge in [-0.05, 0) is 44.9 Å². The van der Waals surface area contributed by atoms with Crippen molar-refractivity contribution in [2.24, 2.45) is 0 Å². The first-order valence-electron chi connectivity index (χ1n) is 38.2. The molecule has 0 aromatic rings. The average Bonchev–Trinajstić information content (AvgIpc) is 3.49. The van der Waals surface area contributed by atoms with Crippen LogP contribution >= 0.6 is 0 Å². The van der Waals surface area contributed by atoms with Crippen molar-refractivity contribution < 1.29 is 28.6 Å². The van der Waals surface area contributed by atoms with Gasteiger partial charge in [0.25, 0.3) is 0 Å². The predicted molar refractivity (Wildman–Crippen MR) is 363 cm³/mol. The van der Waals surface area contributed by atoms with E-state index < -0.39 is 6.10 Å². The Morgan fingerprint density at radius 1 is 0.229 bits per heavy atom. The number of carbonyl (C=O) groups is 3. The Balaban J connectivity index is 4.18. The number of unbranched alkanes of at least 4 members (excludes halogenated alkanes) is 59. The van der Waals surface area contributed by atoms with Gasteiger partial charge in [0.05, 0.1) is 0 Å². The van der Waals surface area contributed by atoms with Crippen LogP contribution in [-0.2, 0) is 28.6 Å². The summed E-state index contributed by atoms with van der Waals surface area (Å²) in [5.74, 6) is -0.824. The summed E-state index contributed by atoms with van der Waals surface area (Å²) in [5, 5.41) is 0. The van der Waals surface area contributed by atoms with Gasteiger partial charge in [0.1, 0.15) is 13.2 Å². The molecule has 0 radical (unpaired) electrons. The Morgan fingerprint density at radius 2 is 0.398 bits per heavy atom. The van der Waals surface area contributed by atoms with Crippen molar-refractivity contribution in [2.45, 2.75) is 451 Å². The Labute approximate surface area is 520 Å². The first kappa shape index (κ1) is 81.2. The van der Waals surface area contributed by atoms with E-state index in [2.05, 4.69) is 32.9 Å². The van der Waals surface area contributed by atoms with Crippen LogP contribution in [0.2, 0.25) is 0 Å². The number of allylic oxidation sites excluding steroid dienone is 2. The first-order chi connectivity index (χ1) is 41.0. The quantitative estimate of drug-likeness (QED) is 0.0261. The molecule has 0 aliphatic carbocycles. The number of carbonyl (C=O) groups excluding carboxylic acids is 3. The van der Waals surface area contributed by atoms with E-state index in [1.165, 1.54) is 347 Å². The molecule has 0 bridgehead atoms. The lowest BCUT2D eigenvalue weighted by Crippen LogP contribution is -2.30. The second-order valence-electron chi connectivity index (χ2n) is 26.3. The molecule has 1 atom stereocenters. The van der Waals surface area contributed by atoms with Crippen LogP contribution in [0.5, 0.6) is 0 Å². The van der Waals surface area contributed by atoms with Crippen LogP contribution in [0.3, 0.4) is 0 Å². The molecule has 0 aliphatic heterocycles. The fraction of sp³-hybridized carbons (Fsp3) is 0.935. The molecule has 6 heteroatoms. The highest BCUT2D eigenvalue weighted by molar-refractivity contribution is 5.71. The zero-order chi connectivity index (χ0) is 59.9. The summed E-state index contributed by atoms with van der Waals surface area (Å²) in [6, 6.07) is 0. The molecular weight excluding hydrogens is 1020 g/mol. The van der Waals surface area contributed by atoms with Crippen molar-refractivity contribution in [1.82, 2.24) is 0 Å². The Bertz CT molecular complexity index is 1300. The van der Waals surface area contributed by atoms with Crippen LogP contribution in [0, 0.1) is 0 Å². The minimum absolute atomic E-state index is 0.0628. The Morgan fingerprint density at radius 3 is 0.602 bits per heavy atom. The minimum atomic E-state index is -0.767. The van der Waals surface area contributed by atoms with E-state index in [0.717, 1.165) is 57.8 Å². The lowest BCUT2D eigenvalue weighted by atomic mass is 10.0.